The minimum atomic E-state index is -1.12. The zero-order chi connectivity index (χ0) is 17.0. The third-order valence-electron chi connectivity index (χ3n) is 4.01. The van der Waals surface area contributed by atoms with Crippen LogP contribution in [0, 0.1) is 11.6 Å². The van der Waals surface area contributed by atoms with Gasteiger partial charge in [-0.15, -0.1) is 0 Å². The molecule has 2 atom stereocenters. The lowest BCUT2D eigenvalue weighted by atomic mass is 9.98. The summed E-state index contributed by atoms with van der Waals surface area (Å²) in [4.78, 5) is 25.7. The number of amides is 2. The Bertz CT molecular complexity index is 593. The number of benzene rings is 1. The predicted octanol–water partition coefficient (Wildman–Crippen LogP) is 1.46. The highest BCUT2D eigenvalue weighted by atomic mass is 19.2. The average molecular weight is 326 g/mol. The second kappa shape index (κ2) is 7.50. The fraction of sp³-hybridized carbons (Fsp3) is 0.500. The number of halogens is 2. The van der Waals surface area contributed by atoms with E-state index in [1.165, 1.54) is 0 Å². The summed E-state index contributed by atoms with van der Waals surface area (Å²) >= 11 is 0. The number of aliphatic hydroxyl groups excluding tert-OH is 1. The van der Waals surface area contributed by atoms with Crippen LogP contribution >= 0.6 is 0 Å². The molecule has 0 aromatic heterocycles. The highest BCUT2D eigenvalue weighted by Gasteiger charge is 2.29. The predicted molar refractivity (Wildman–Crippen MR) is 79.7 cm³/mol. The van der Waals surface area contributed by atoms with Crippen molar-refractivity contribution >= 4 is 11.8 Å². The topological polar surface area (TPSA) is 69.6 Å². The molecule has 1 fully saturated rings. The maximum atomic E-state index is 13.1. The van der Waals surface area contributed by atoms with Gasteiger partial charge in [-0.2, -0.15) is 0 Å². The van der Waals surface area contributed by atoms with Crippen molar-refractivity contribution in [3.05, 3.63) is 35.4 Å². The molecular weight excluding hydrogens is 306 g/mol. The molecule has 0 aliphatic carbocycles. The lowest BCUT2D eigenvalue weighted by Gasteiger charge is -2.37. The highest BCUT2D eigenvalue weighted by molar-refractivity contribution is 5.96. The first kappa shape index (κ1) is 17.3. The van der Waals surface area contributed by atoms with Gasteiger partial charge in [0.1, 0.15) is 0 Å². The van der Waals surface area contributed by atoms with E-state index in [-0.39, 0.29) is 24.1 Å². The van der Waals surface area contributed by atoms with E-state index in [4.69, 9.17) is 0 Å². The quantitative estimate of drug-likeness (QED) is 0.880. The smallest absolute Gasteiger partial charge is 0.251 e. The standard InChI is InChI=1S/C16H20F2N2O3/c1-10(21)14-4-2-3-7-20(14)15(22)9-19-16(23)11-5-6-12(17)13(18)8-11/h5-6,8,10,14,21H,2-4,7,9H2,1H3,(H,19,23)/t10-,14-/m1/s1. The highest BCUT2D eigenvalue weighted by Crippen LogP contribution is 2.19. The van der Waals surface area contributed by atoms with Crippen LogP contribution in [-0.2, 0) is 4.79 Å². The molecule has 0 bridgehead atoms. The number of aliphatic hydroxyl groups is 1. The molecule has 1 aromatic rings. The lowest BCUT2D eigenvalue weighted by Crippen LogP contribution is -2.51. The summed E-state index contributed by atoms with van der Waals surface area (Å²) in [5.74, 6) is -3.10. The van der Waals surface area contributed by atoms with Crippen molar-refractivity contribution in [1.82, 2.24) is 10.2 Å². The minimum absolute atomic E-state index is 0.0533. The Morgan fingerprint density at radius 1 is 1.35 bits per heavy atom. The maximum Gasteiger partial charge on any atom is 0.251 e. The third-order valence-corrected chi connectivity index (χ3v) is 4.01. The van der Waals surface area contributed by atoms with E-state index in [2.05, 4.69) is 5.32 Å². The second-order valence-electron chi connectivity index (χ2n) is 5.70. The van der Waals surface area contributed by atoms with E-state index < -0.39 is 23.6 Å². The van der Waals surface area contributed by atoms with E-state index in [0.717, 1.165) is 37.5 Å². The maximum absolute atomic E-state index is 13.1. The fourth-order valence-corrected chi connectivity index (χ4v) is 2.77. The van der Waals surface area contributed by atoms with Gasteiger partial charge in [0.15, 0.2) is 11.6 Å². The minimum Gasteiger partial charge on any atom is -0.391 e. The number of hydrogen-bond acceptors (Lipinski definition) is 3. The largest absolute Gasteiger partial charge is 0.391 e. The molecule has 1 aliphatic rings. The van der Waals surface area contributed by atoms with Gasteiger partial charge in [0.05, 0.1) is 18.7 Å². The molecule has 126 valence electrons. The van der Waals surface area contributed by atoms with Crippen molar-refractivity contribution in [3.63, 3.8) is 0 Å². The van der Waals surface area contributed by atoms with Crippen molar-refractivity contribution in [2.75, 3.05) is 13.1 Å². The Labute approximate surface area is 133 Å². The Kier molecular flexibility index (Phi) is 5.65. The van der Waals surface area contributed by atoms with Gasteiger partial charge in [0.25, 0.3) is 5.91 Å². The summed E-state index contributed by atoms with van der Waals surface area (Å²) in [5.41, 5.74) is -0.0533. The van der Waals surface area contributed by atoms with Crippen LogP contribution in [0.15, 0.2) is 18.2 Å². The molecule has 23 heavy (non-hydrogen) atoms. The molecule has 1 saturated heterocycles. The molecule has 2 N–H and O–H groups in total. The number of nitrogens with one attached hydrogen (secondary N) is 1. The molecule has 0 saturated carbocycles. The van der Waals surface area contributed by atoms with Crippen molar-refractivity contribution in [2.45, 2.75) is 38.3 Å². The molecule has 2 amide bonds. The Morgan fingerprint density at radius 2 is 2.09 bits per heavy atom. The summed E-state index contributed by atoms with van der Waals surface area (Å²) in [7, 11) is 0. The normalized spacial score (nSPS) is 19.3. The fourth-order valence-electron chi connectivity index (χ4n) is 2.77. The molecule has 0 unspecified atom stereocenters. The van der Waals surface area contributed by atoms with E-state index in [1.807, 2.05) is 0 Å². The van der Waals surface area contributed by atoms with Crippen molar-refractivity contribution < 1.29 is 23.5 Å². The first-order valence-corrected chi connectivity index (χ1v) is 7.61. The van der Waals surface area contributed by atoms with Crippen LogP contribution in [-0.4, -0.2) is 47.1 Å². The van der Waals surface area contributed by atoms with Crippen LogP contribution in [0.4, 0.5) is 8.78 Å². The number of carbonyl (C=O) groups is 2. The van der Waals surface area contributed by atoms with Gasteiger partial charge in [0, 0.05) is 12.1 Å². The molecule has 5 nitrogen and oxygen atoms in total. The van der Waals surface area contributed by atoms with E-state index in [0.29, 0.717) is 6.54 Å². The summed E-state index contributed by atoms with van der Waals surface area (Å²) < 4.78 is 26.0. The second-order valence-corrected chi connectivity index (χ2v) is 5.70. The molecule has 1 aromatic carbocycles. The summed E-state index contributed by atoms with van der Waals surface area (Å²) in [5, 5.41) is 12.2. The van der Waals surface area contributed by atoms with Crippen LogP contribution in [0.5, 0.6) is 0 Å². The van der Waals surface area contributed by atoms with E-state index in [1.54, 1.807) is 11.8 Å². The van der Waals surface area contributed by atoms with Gasteiger partial charge >= 0.3 is 0 Å². The summed E-state index contributed by atoms with van der Waals surface area (Å²) in [6, 6.07) is 2.54. The van der Waals surface area contributed by atoms with Gasteiger partial charge in [-0.3, -0.25) is 9.59 Å². The van der Waals surface area contributed by atoms with Crippen LogP contribution in [0.3, 0.4) is 0 Å². The lowest BCUT2D eigenvalue weighted by molar-refractivity contribution is -0.136. The molecule has 7 heteroatoms. The van der Waals surface area contributed by atoms with Crippen LogP contribution in [0.25, 0.3) is 0 Å². The molecule has 0 spiro atoms. The van der Waals surface area contributed by atoms with Crippen LogP contribution < -0.4 is 5.32 Å². The summed E-state index contributed by atoms with van der Waals surface area (Å²) in [6.07, 6.45) is 1.88. The third kappa shape index (κ3) is 4.25. The SMILES string of the molecule is C[C@@H](O)[C@H]1CCCCN1C(=O)CNC(=O)c1ccc(F)c(F)c1. The zero-order valence-electron chi connectivity index (χ0n) is 12.9. The summed E-state index contributed by atoms with van der Waals surface area (Å²) in [6.45, 7) is 1.92. The first-order chi connectivity index (χ1) is 10.9. The average Bonchev–Trinajstić information content (AvgIpc) is 2.54. The molecule has 1 aliphatic heterocycles. The molecule has 1 heterocycles. The number of piperidine rings is 1. The van der Waals surface area contributed by atoms with E-state index in [9.17, 15) is 23.5 Å². The molecular formula is C16H20F2N2O3. The van der Waals surface area contributed by atoms with Gasteiger partial charge in [0.2, 0.25) is 5.91 Å². The van der Waals surface area contributed by atoms with E-state index >= 15 is 0 Å². The van der Waals surface area contributed by atoms with Gasteiger partial charge in [-0.1, -0.05) is 0 Å². The number of carbonyl (C=O) groups excluding carboxylic acids is 2. The Morgan fingerprint density at radius 3 is 2.74 bits per heavy atom. The van der Waals surface area contributed by atoms with Crippen LogP contribution in [0.2, 0.25) is 0 Å². The van der Waals surface area contributed by atoms with Gasteiger partial charge in [-0.05, 0) is 44.4 Å². The van der Waals surface area contributed by atoms with Crippen molar-refractivity contribution in [3.8, 4) is 0 Å². The number of likely N-dealkylation sites (tertiary alicyclic amines) is 1. The van der Waals surface area contributed by atoms with Gasteiger partial charge < -0.3 is 15.3 Å². The number of hydrogen-bond donors (Lipinski definition) is 2. The monoisotopic (exact) mass is 326 g/mol. The van der Waals surface area contributed by atoms with Crippen molar-refractivity contribution in [2.24, 2.45) is 0 Å². The zero-order valence-corrected chi connectivity index (χ0v) is 12.9. The van der Waals surface area contributed by atoms with Gasteiger partial charge in [-0.25, -0.2) is 8.78 Å². The first-order valence-electron chi connectivity index (χ1n) is 7.61. The Hall–Kier alpha value is -2.02. The molecule has 2 rings (SSSR count). The number of nitrogens with zero attached hydrogens (tertiary/aromatic N) is 1. The van der Waals surface area contributed by atoms with Crippen molar-refractivity contribution in [1.29, 1.82) is 0 Å². The van der Waals surface area contributed by atoms with Crippen LogP contribution in [0.1, 0.15) is 36.5 Å². The molecule has 0 radical (unpaired) electrons. The Balaban J connectivity index is 1.95. The number of rotatable bonds is 4.